The first-order valence-electron chi connectivity index (χ1n) is 5.76. The Morgan fingerprint density at radius 2 is 2.11 bits per heavy atom. The van der Waals surface area contributed by atoms with Gasteiger partial charge in [0.15, 0.2) is 0 Å². The largest absolute Gasteiger partial charge is 0.381 e. The van der Waals surface area contributed by atoms with Crippen LogP contribution in [0, 0.1) is 5.82 Å². The van der Waals surface area contributed by atoms with E-state index in [1.54, 1.807) is 0 Å². The third-order valence-corrected chi connectivity index (χ3v) is 5.67. The van der Waals surface area contributed by atoms with Gasteiger partial charge in [0.05, 0.1) is 6.20 Å². The zero-order valence-corrected chi connectivity index (χ0v) is 12.5. The van der Waals surface area contributed by atoms with Crippen LogP contribution in [0.5, 0.6) is 0 Å². The Kier molecular flexibility index (Phi) is 4.54. The lowest BCUT2D eigenvalue weighted by Gasteiger charge is -2.36. The monoisotopic (exact) mass is 352 g/mol. The molecule has 0 unspecified atom stereocenters. The number of pyridine rings is 1. The van der Waals surface area contributed by atoms with Crippen LogP contribution in [-0.4, -0.2) is 37.5 Å². The van der Waals surface area contributed by atoms with Gasteiger partial charge in [0, 0.05) is 30.3 Å². The summed E-state index contributed by atoms with van der Waals surface area (Å²) in [6, 6.07) is 0.955. The van der Waals surface area contributed by atoms with E-state index in [9.17, 15) is 12.8 Å². The van der Waals surface area contributed by atoms with Crippen LogP contribution in [0.4, 0.5) is 4.39 Å². The molecule has 1 fully saturated rings. The maximum atomic E-state index is 13.1. The smallest absolute Gasteiger partial charge is 0.242 e. The van der Waals surface area contributed by atoms with E-state index in [1.807, 2.05) is 0 Å². The molecule has 8 heteroatoms. The van der Waals surface area contributed by atoms with E-state index in [-0.39, 0.29) is 4.90 Å². The van der Waals surface area contributed by atoms with Gasteiger partial charge in [-0.15, -0.1) is 0 Å². The van der Waals surface area contributed by atoms with Gasteiger partial charge in [-0.2, -0.15) is 0 Å². The van der Waals surface area contributed by atoms with E-state index >= 15 is 0 Å². The maximum absolute atomic E-state index is 13.1. The van der Waals surface area contributed by atoms with Crippen molar-refractivity contribution in [1.29, 1.82) is 0 Å². The van der Waals surface area contributed by atoms with Crippen molar-refractivity contribution < 1.29 is 17.5 Å². The Morgan fingerprint density at radius 3 is 2.68 bits per heavy atom. The first-order chi connectivity index (χ1) is 8.97. The van der Waals surface area contributed by atoms with E-state index in [0.29, 0.717) is 31.4 Å². The summed E-state index contributed by atoms with van der Waals surface area (Å²) in [6.45, 7) is 0.991. The van der Waals surface area contributed by atoms with Gasteiger partial charge < -0.3 is 4.74 Å². The molecule has 1 aliphatic rings. The van der Waals surface area contributed by atoms with Crippen LogP contribution in [0.15, 0.2) is 23.4 Å². The third kappa shape index (κ3) is 3.50. The Hall–Kier alpha value is -0.570. The summed E-state index contributed by atoms with van der Waals surface area (Å²) in [6.07, 6.45) is 3.24. The highest BCUT2D eigenvalue weighted by molar-refractivity contribution is 9.09. The molecule has 0 atom stereocenters. The molecule has 0 spiro atoms. The van der Waals surface area contributed by atoms with Crippen molar-refractivity contribution >= 4 is 26.0 Å². The van der Waals surface area contributed by atoms with Gasteiger partial charge in [0.2, 0.25) is 10.0 Å². The lowest BCUT2D eigenvalue weighted by atomic mass is 9.94. The minimum Gasteiger partial charge on any atom is -0.381 e. The van der Waals surface area contributed by atoms with E-state index in [2.05, 4.69) is 25.6 Å². The summed E-state index contributed by atoms with van der Waals surface area (Å²) in [5, 5.41) is 0.478. The highest BCUT2D eigenvalue weighted by Gasteiger charge is 2.36. The van der Waals surface area contributed by atoms with Crippen LogP contribution in [0.1, 0.15) is 12.8 Å². The predicted molar refractivity (Wildman–Crippen MR) is 71.1 cm³/mol. The lowest BCUT2D eigenvalue weighted by Crippen LogP contribution is -2.53. The molecule has 0 saturated carbocycles. The number of aromatic nitrogens is 1. The molecular formula is C11H14BrFN2O3S. The van der Waals surface area contributed by atoms with E-state index < -0.39 is 21.4 Å². The molecule has 1 saturated heterocycles. The van der Waals surface area contributed by atoms with E-state index in [4.69, 9.17) is 4.74 Å². The van der Waals surface area contributed by atoms with Crippen LogP contribution < -0.4 is 4.72 Å². The van der Waals surface area contributed by atoms with Crippen molar-refractivity contribution in [2.45, 2.75) is 23.3 Å². The fourth-order valence-corrected chi connectivity index (χ4v) is 4.23. The van der Waals surface area contributed by atoms with Crippen molar-refractivity contribution in [3.05, 3.63) is 24.3 Å². The van der Waals surface area contributed by atoms with Crippen LogP contribution >= 0.6 is 15.9 Å². The van der Waals surface area contributed by atoms with Crippen molar-refractivity contribution in [3.8, 4) is 0 Å². The molecule has 1 aromatic rings. The van der Waals surface area contributed by atoms with Gasteiger partial charge in [0.25, 0.3) is 0 Å². The van der Waals surface area contributed by atoms with Crippen LogP contribution in [0.3, 0.4) is 0 Å². The second-order valence-electron chi connectivity index (χ2n) is 4.47. The summed E-state index contributed by atoms with van der Waals surface area (Å²) >= 11 is 3.34. The van der Waals surface area contributed by atoms with Gasteiger partial charge in [-0.25, -0.2) is 17.5 Å². The molecule has 106 valence electrons. The van der Waals surface area contributed by atoms with Crippen LogP contribution in [0.2, 0.25) is 0 Å². The number of ether oxygens (including phenoxy) is 1. The summed E-state index contributed by atoms with van der Waals surface area (Å²) in [4.78, 5) is 3.39. The highest BCUT2D eigenvalue weighted by Crippen LogP contribution is 2.25. The van der Waals surface area contributed by atoms with Crippen molar-refractivity contribution in [2.75, 3.05) is 18.5 Å². The molecule has 0 amide bonds. The lowest BCUT2D eigenvalue weighted by molar-refractivity contribution is 0.0557. The topological polar surface area (TPSA) is 68.3 Å². The fraction of sp³-hybridized carbons (Fsp3) is 0.545. The summed E-state index contributed by atoms with van der Waals surface area (Å²) in [7, 11) is -3.79. The molecule has 19 heavy (non-hydrogen) atoms. The molecule has 1 aliphatic heterocycles. The minimum absolute atomic E-state index is 0.167. The summed E-state index contributed by atoms with van der Waals surface area (Å²) in [5.41, 5.74) is -0.594. The number of nitrogens with zero attached hydrogens (tertiary/aromatic N) is 1. The Morgan fingerprint density at radius 1 is 1.42 bits per heavy atom. The number of nitrogens with one attached hydrogen (secondary N) is 1. The highest BCUT2D eigenvalue weighted by atomic mass is 79.9. The van der Waals surface area contributed by atoms with Gasteiger partial charge in [-0.05, 0) is 18.9 Å². The second-order valence-corrected chi connectivity index (χ2v) is 6.71. The molecule has 0 bridgehead atoms. The quantitative estimate of drug-likeness (QED) is 0.832. The molecule has 0 aromatic carbocycles. The molecule has 2 heterocycles. The SMILES string of the molecule is O=S(=O)(NC1(CBr)CCOCC1)c1cncc(F)c1. The van der Waals surface area contributed by atoms with Crippen molar-refractivity contribution in [1.82, 2.24) is 9.71 Å². The maximum Gasteiger partial charge on any atom is 0.242 e. The average molecular weight is 353 g/mol. The van der Waals surface area contributed by atoms with Crippen molar-refractivity contribution in [2.24, 2.45) is 0 Å². The molecule has 5 nitrogen and oxygen atoms in total. The number of sulfonamides is 1. The zero-order valence-electron chi connectivity index (χ0n) is 10.1. The predicted octanol–water partition coefficient (Wildman–Crippen LogP) is 1.44. The number of hydrogen-bond donors (Lipinski definition) is 1. The first-order valence-corrected chi connectivity index (χ1v) is 8.36. The first kappa shape index (κ1) is 14.8. The van der Waals surface area contributed by atoms with Gasteiger partial charge in [0.1, 0.15) is 10.7 Å². The van der Waals surface area contributed by atoms with E-state index in [0.717, 1.165) is 18.5 Å². The number of halogens is 2. The molecule has 1 N–H and O–H groups in total. The van der Waals surface area contributed by atoms with Crippen LogP contribution in [0.25, 0.3) is 0 Å². The molecule has 2 rings (SSSR count). The normalized spacial score (nSPS) is 19.3. The summed E-state index contributed by atoms with van der Waals surface area (Å²) < 4.78 is 45.4. The standard InChI is InChI=1S/C11H14BrFN2O3S/c12-8-11(1-3-18-4-2-11)15-19(16,17)10-5-9(13)6-14-7-10/h5-7,15H,1-4,8H2. The number of alkyl halides is 1. The summed E-state index contributed by atoms with van der Waals surface area (Å²) in [5.74, 6) is -0.678. The number of rotatable bonds is 4. The molecule has 0 aliphatic carbocycles. The van der Waals surface area contributed by atoms with Gasteiger partial charge in [-0.1, -0.05) is 15.9 Å². The Bertz CT molecular complexity index is 547. The second kappa shape index (κ2) is 5.82. The molecular weight excluding hydrogens is 339 g/mol. The fourth-order valence-electron chi connectivity index (χ4n) is 1.91. The average Bonchev–Trinajstić information content (AvgIpc) is 2.39. The van der Waals surface area contributed by atoms with Gasteiger partial charge >= 0.3 is 0 Å². The van der Waals surface area contributed by atoms with Crippen LogP contribution in [-0.2, 0) is 14.8 Å². The van der Waals surface area contributed by atoms with Gasteiger partial charge in [-0.3, -0.25) is 4.98 Å². The minimum atomic E-state index is -3.79. The Labute approximate surface area is 119 Å². The molecule has 0 radical (unpaired) electrons. The zero-order chi connectivity index (χ0) is 13.9. The van der Waals surface area contributed by atoms with E-state index in [1.165, 1.54) is 0 Å². The van der Waals surface area contributed by atoms with Crippen molar-refractivity contribution in [3.63, 3.8) is 0 Å². The third-order valence-electron chi connectivity index (χ3n) is 3.05. The molecule has 1 aromatic heterocycles. The number of hydrogen-bond acceptors (Lipinski definition) is 4. The Balaban J connectivity index is 2.25.